The number of allylic oxidation sites excluding steroid dienone is 8. The quantitative estimate of drug-likeness (QED) is 0.283. The molecule has 0 spiro atoms. The third kappa shape index (κ3) is 8.92. The standard InChI is InChI=1S/2C9H11.C2H7Si.2BrH.Zr/c2*1-2-5-9-7-3-6-8(9)4-1;1-3-2;;;/h2*1-2,4,6,9H,3,5,7H2;3H,1-2H3;2*1H;/q2*-1;;;;+4/p-2. The molecule has 0 saturated heterocycles. The average molecular weight is 549 g/mol. The molecule has 4 aliphatic carbocycles. The molecule has 131 valence electrons. The maximum atomic E-state index is 2.37. The van der Waals surface area contributed by atoms with Gasteiger partial charge >= 0.3 is 26.2 Å². The van der Waals surface area contributed by atoms with Crippen molar-refractivity contribution in [3.63, 3.8) is 0 Å². The summed E-state index contributed by atoms with van der Waals surface area (Å²) in [6, 6.07) is 0. The Morgan fingerprint density at radius 1 is 0.833 bits per heavy atom. The second kappa shape index (κ2) is 16.0. The minimum Gasteiger partial charge on any atom is -1.00 e. The van der Waals surface area contributed by atoms with Gasteiger partial charge < -0.3 is 34.0 Å². The molecule has 1 radical (unpaired) electrons. The van der Waals surface area contributed by atoms with Gasteiger partial charge in [-0.1, -0.05) is 25.9 Å². The Morgan fingerprint density at radius 2 is 1.21 bits per heavy atom. The molecule has 2 unspecified atom stereocenters. The van der Waals surface area contributed by atoms with Gasteiger partial charge in [0, 0.05) is 9.52 Å². The number of rotatable bonds is 0. The summed E-state index contributed by atoms with van der Waals surface area (Å²) in [6.45, 7) is 4.42. The summed E-state index contributed by atoms with van der Waals surface area (Å²) in [5.41, 5.74) is 3.16. The van der Waals surface area contributed by atoms with Crippen LogP contribution in [0.25, 0.3) is 0 Å². The summed E-state index contributed by atoms with van der Waals surface area (Å²) in [5, 5.41) is 0. The zero-order valence-corrected chi connectivity index (χ0v) is 21.6. The van der Waals surface area contributed by atoms with Crippen LogP contribution in [0.15, 0.2) is 47.6 Å². The van der Waals surface area contributed by atoms with Gasteiger partial charge in [-0.25, -0.2) is 36.1 Å². The zero-order valence-electron chi connectivity index (χ0n) is 14.8. The smallest absolute Gasteiger partial charge is 1.00 e. The Kier molecular flexibility index (Phi) is 18.0. The van der Waals surface area contributed by atoms with Crippen molar-refractivity contribution in [3.8, 4) is 0 Å². The molecule has 2 fully saturated rings. The van der Waals surface area contributed by atoms with Crippen LogP contribution < -0.4 is 34.0 Å². The first-order chi connectivity index (χ1) is 10.3. The molecule has 2 atom stereocenters. The molecule has 0 heterocycles. The van der Waals surface area contributed by atoms with Crippen molar-refractivity contribution >= 4 is 9.52 Å². The molecule has 4 aliphatic rings. The Labute approximate surface area is 192 Å². The van der Waals surface area contributed by atoms with E-state index in [4.69, 9.17) is 0 Å². The molecule has 4 rings (SSSR count). The van der Waals surface area contributed by atoms with E-state index in [0.717, 1.165) is 21.4 Å². The SMILES string of the molecule is C1=CCC2CC[CH-]C2=C1.C1=CCC2CC[CH-]C2=C1.C[SiH]C.[Br-].[Br-].[Zr+4]. The Hall–Kier alpha value is 0.760. The van der Waals surface area contributed by atoms with Gasteiger partial charge in [-0.15, -0.1) is 37.1 Å². The van der Waals surface area contributed by atoms with E-state index in [1.165, 1.54) is 38.5 Å². The van der Waals surface area contributed by atoms with Gasteiger partial charge in [0.2, 0.25) is 0 Å². The van der Waals surface area contributed by atoms with Crippen LogP contribution in [-0.2, 0) is 26.2 Å². The van der Waals surface area contributed by atoms with Crippen LogP contribution in [0, 0.1) is 24.7 Å². The predicted molar refractivity (Wildman–Crippen MR) is 96.6 cm³/mol. The van der Waals surface area contributed by atoms with Crippen molar-refractivity contribution in [2.75, 3.05) is 0 Å². The Balaban J connectivity index is 0. The molecule has 0 bridgehead atoms. The van der Waals surface area contributed by atoms with Crippen LogP contribution in [0.1, 0.15) is 38.5 Å². The van der Waals surface area contributed by atoms with Gasteiger partial charge in [-0.2, -0.15) is 0 Å². The molecule has 24 heavy (non-hydrogen) atoms. The first-order valence-electron chi connectivity index (χ1n) is 8.49. The maximum Gasteiger partial charge on any atom is 4.00 e. The topological polar surface area (TPSA) is 0 Å². The van der Waals surface area contributed by atoms with Crippen LogP contribution >= 0.6 is 0 Å². The molecule has 0 aliphatic heterocycles. The van der Waals surface area contributed by atoms with Crippen LogP contribution in [0.2, 0.25) is 13.1 Å². The van der Waals surface area contributed by atoms with Gasteiger partial charge in [-0.3, -0.25) is 0 Å². The monoisotopic (exact) mass is 545 g/mol. The summed E-state index contributed by atoms with van der Waals surface area (Å²) in [4.78, 5) is 0. The van der Waals surface area contributed by atoms with Crippen molar-refractivity contribution in [1.29, 1.82) is 0 Å². The van der Waals surface area contributed by atoms with Crippen molar-refractivity contribution in [1.82, 2.24) is 0 Å². The fourth-order valence-corrected chi connectivity index (χ4v) is 3.33. The molecule has 0 aromatic rings. The van der Waals surface area contributed by atoms with E-state index in [2.05, 4.69) is 62.4 Å². The molecule has 0 aromatic carbocycles. The maximum absolute atomic E-state index is 2.37. The second-order valence-electron chi connectivity index (χ2n) is 6.20. The normalized spacial score (nSPS) is 24.1. The molecular formula is C20H29Br2SiZr. The van der Waals surface area contributed by atoms with Crippen LogP contribution in [0.5, 0.6) is 0 Å². The van der Waals surface area contributed by atoms with Gasteiger partial charge in [-0.05, 0) is 24.7 Å². The van der Waals surface area contributed by atoms with E-state index in [1.54, 1.807) is 11.1 Å². The molecular weight excluding hydrogens is 519 g/mol. The molecule has 0 nitrogen and oxygen atoms in total. The van der Waals surface area contributed by atoms with Gasteiger partial charge in [0.05, 0.1) is 0 Å². The zero-order chi connectivity index (χ0) is 14.9. The molecule has 0 amide bonds. The first kappa shape index (κ1) is 27.0. The Morgan fingerprint density at radius 3 is 1.54 bits per heavy atom. The van der Waals surface area contributed by atoms with Gasteiger partial charge in [0.1, 0.15) is 0 Å². The largest absolute Gasteiger partial charge is 4.00 e. The molecule has 0 N–H and O–H groups in total. The summed E-state index contributed by atoms with van der Waals surface area (Å²) in [7, 11) is 0.750. The van der Waals surface area contributed by atoms with E-state index in [-0.39, 0.29) is 60.2 Å². The number of hydrogen-bond donors (Lipinski definition) is 0. The van der Waals surface area contributed by atoms with Crippen LogP contribution in [-0.4, -0.2) is 9.52 Å². The summed E-state index contributed by atoms with van der Waals surface area (Å²) in [5.74, 6) is 1.77. The van der Waals surface area contributed by atoms with Crippen molar-refractivity contribution < 1.29 is 60.2 Å². The van der Waals surface area contributed by atoms with E-state index in [9.17, 15) is 0 Å². The van der Waals surface area contributed by atoms with Crippen molar-refractivity contribution in [2.24, 2.45) is 11.8 Å². The van der Waals surface area contributed by atoms with Gasteiger partial charge in [0.15, 0.2) is 0 Å². The van der Waals surface area contributed by atoms with Crippen molar-refractivity contribution in [3.05, 3.63) is 60.4 Å². The minimum absolute atomic E-state index is 0. The summed E-state index contributed by atoms with van der Waals surface area (Å²) in [6.07, 6.45) is 26.1. The molecule has 4 heteroatoms. The Bertz CT molecular complexity index is 401. The summed E-state index contributed by atoms with van der Waals surface area (Å²) >= 11 is 0. The van der Waals surface area contributed by atoms with Gasteiger partial charge in [0.25, 0.3) is 0 Å². The fraction of sp³-hybridized carbons (Fsp3) is 0.500. The van der Waals surface area contributed by atoms with E-state index < -0.39 is 0 Å². The minimum atomic E-state index is 0. The molecule has 0 aromatic heterocycles. The number of halogens is 2. The van der Waals surface area contributed by atoms with E-state index >= 15 is 0 Å². The number of hydrogen-bond acceptors (Lipinski definition) is 0. The van der Waals surface area contributed by atoms with Crippen molar-refractivity contribution in [2.45, 2.75) is 51.6 Å². The third-order valence-electron chi connectivity index (χ3n) is 4.42. The third-order valence-corrected chi connectivity index (χ3v) is 4.42. The average Bonchev–Trinajstić information content (AvgIpc) is 3.17. The van der Waals surface area contributed by atoms with Crippen LogP contribution in [0.4, 0.5) is 0 Å². The van der Waals surface area contributed by atoms with E-state index in [0.29, 0.717) is 0 Å². The van der Waals surface area contributed by atoms with Crippen LogP contribution in [0.3, 0.4) is 0 Å². The predicted octanol–water partition coefficient (Wildman–Crippen LogP) is -0.501. The first-order valence-corrected chi connectivity index (χ1v) is 10.8. The number of fused-ring (bicyclic) bond motifs is 2. The second-order valence-corrected chi connectivity index (χ2v) is 7.35. The van der Waals surface area contributed by atoms with E-state index in [1.807, 2.05) is 0 Å². The molecule has 2 saturated carbocycles. The fourth-order valence-electron chi connectivity index (χ4n) is 3.33. The summed E-state index contributed by atoms with van der Waals surface area (Å²) < 4.78 is 0.